The van der Waals surface area contributed by atoms with E-state index in [-0.39, 0.29) is 30.0 Å². The van der Waals surface area contributed by atoms with Crippen molar-refractivity contribution in [2.75, 3.05) is 23.7 Å². The number of imide groups is 1. The van der Waals surface area contributed by atoms with Gasteiger partial charge in [0.05, 0.1) is 5.41 Å². The Morgan fingerprint density at radius 3 is 2.69 bits per heavy atom. The second-order valence-electron chi connectivity index (χ2n) is 6.48. The van der Waals surface area contributed by atoms with Gasteiger partial charge in [0, 0.05) is 30.5 Å². The second kappa shape index (κ2) is 6.24. The van der Waals surface area contributed by atoms with E-state index in [4.69, 9.17) is 5.73 Å². The Labute approximate surface area is 153 Å². The monoisotopic (exact) mass is 373 g/mol. The van der Waals surface area contributed by atoms with Crippen molar-refractivity contribution in [1.82, 2.24) is 15.3 Å². The molecule has 0 radical (unpaired) electrons. The molecule has 3 heterocycles. The Balaban J connectivity index is 1.56. The third kappa shape index (κ3) is 3.10. The van der Waals surface area contributed by atoms with Gasteiger partial charge in [-0.2, -0.15) is 4.98 Å². The van der Waals surface area contributed by atoms with E-state index in [1.54, 1.807) is 18.2 Å². The zero-order valence-corrected chi connectivity index (χ0v) is 14.6. The predicted octanol–water partition coefficient (Wildman–Crippen LogP) is 1.59. The average molecular weight is 373 g/mol. The lowest BCUT2D eigenvalue weighted by molar-refractivity contribution is -0.127. The van der Waals surface area contributed by atoms with E-state index in [0.717, 1.165) is 4.90 Å². The van der Waals surface area contributed by atoms with E-state index in [1.807, 2.05) is 4.90 Å². The van der Waals surface area contributed by atoms with E-state index in [0.29, 0.717) is 30.4 Å². The SMILES string of the molecule is Nc1nc(Sc2ccc(F)cc2)cc(N2CCC3(CC(=O)NC3=O)C2)n1. The van der Waals surface area contributed by atoms with Crippen molar-refractivity contribution in [3.63, 3.8) is 0 Å². The first-order chi connectivity index (χ1) is 12.4. The van der Waals surface area contributed by atoms with Crippen molar-refractivity contribution < 1.29 is 14.0 Å². The molecular formula is C17H16FN5O2S. The first-order valence-corrected chi connectivity index (χ1v) is 8.92. The molecule has 2 amide bonds. The third-order valence-electron chi connectivity index (χ3n) is 4.65. The maximum Gasteiger partial charge on any atom is 0.235 e. The molecule has 3 N–H and O–H groups in total. The molecule has 1 unspecified atom stereocenters. The number of rotatable bonds is 3. The van der Waals surface area contributed by atoms with Crippen LogP contribution in [0.15, 0.2) is 40.3 Å². The van der Waals surface area contributed by atoms with Gasteiger partial charge >= 0.3 is 0 Å². The third-order valence-corrected chi connectivity index (χ3v) is 5.58. The van der Waals surface area contributed by atoms with Crippen LogP contribution >= 0.6 is 11.8 Å². The van der Waals surface area contributed by atoms with Crippen molar-refractivity contribution in [2.24, 2.45) is 5.41 Å². The average Bonchev–Trinajstić information content (AvgIpc) is 3.13. The normalized spacial score (nSPS) is 22.3. The Kier molecular flexibility index (Phi) is 4.03. The van der Waals surface area contributed by atoms with Crippen LogP contribution in [0.5, 0.6) is 0 Å². The molecule has 2 fully saturated rings. The van der Waals surface area contributed by atoms with E-state index < -0.39 is 5.41 Å². The summed E-state index contributed by atoms with van der Waals surface area (Å²) in [6, 6.07) is 7.88. The number of aromatic nitrogens is 2. The number of anilines is 2. The van der Waals surface area contributed by atoms with Crippen molar-refractivity contribution in [2.45, 2.75) is 22.8 Å². The molecule has 2 aliphatic rings. The highest BCUT2D eigenvalue weighted by Crippen LogP contribution is 2.40. The number of amides is 2. The Morgan fingerprint density at radius 2 is 2.00 bits per heavy atom. The van der Waals surface area contributed by atoms with Gasteiger partial charge in [0.25, 0.3) is 0 Å². The lowest BCUT2D eigenvalue weighted by atomic mass is 9.85. The Hall–Kier alpha value is -2.68. The summed E-state index contributed by atoms with van der Waals surface area (Å²) < 4.78 is 13.0. The molecular weight excluding hydrogens is 357 g/mol. The summed E-state index contributed by atoms with van der Waals surface area (Å²) in [4.78, 5) is 35.0. The first kappa shape index (κ1) is 16.8. The molecule has 134 valence electrons. The lowest BCUT2D eigenvalue weighted by Gasteiger charge is -2.21. The highest BCUT2D eigenvalue weighted by atomic mass is 32.2. The highest BCUT2D eigenvalue weighted by molar-refractivity contribution is 7.99. The number of carbonyl (C=O) groups is 2. The molecule has 2 saturated heterocycles. The fourth-order valence-electron chi connectivity index (χ4n) is 3.36. The number of hydrogen-bond acceptors (Lipinski definition) is 7. The van der Waals surface area contributed by atoms with Gasteiger partial charge < -0.3 is 10.6 Å². The van der Waals surface area contributed by atoms with Crippen molar-refractivity contribution >= 4 is 35.3 Å². The Bertz CT molecular complexity index is 891. The van der Waals surface area contributed by atoms with Gasteiger partial charge in [-0.25, -0.2) is 9.37 Å². The van der Waals surface area contributed by atoms with Crippen molar-refractivity contribution in [3.05, 3.63) is 36.1 Å². The molecule has 2 aliphatic heterocycles. The lowest BCUT2D eigenvalue weighted by Crippen LogP contribution is -2.34. The number of nitrogens with zero attached hydrogens (tertiary/aromatic N) is 3. The number of benzene rings is 1. The van der Waals surface area contributed by atoms with Crippen LogP contribution in [0.4, 0.5) is 16.2 Å². The van der Waals surface area contributed by atoms with E-state index in [1.165, 1.54) is 23.9 Å². The number of nitrogens with two attached hydrogens (primary N) is 1. The molecule has 0 saturated carbocycles. The van der Waals surface area contributed by atoms with Crippen LogP contribution in [0.3, 0.4) is 0 Å². The van der Waals surface area contributed by atoms with Gasteiger partial charge in [-0.3, -0.25) is 14.9 Å². The number of halogens is 1. The summed E-state index contributed by atoms with van der Waals surface area (Å²) in [5.74, 6) is -0.00492. The van der Waals surface area contributed by atoms with Crippen LogP contribution in [0, 0.1) is 11.2 Å². The fraction of sp³-hybridized carbons (Fsp3) is 0.294. The summed E-state index contributed by atoms with van der Waals surface area (Å²) in [5, 5.41) is 3.02. The first-order valence-electron chi connectivity index (χ1n) is 8.11. The molecule has 26 heavy (non-hydrogen) atoms. The maximum absolute atomic E-state index is 13.0. The molecule has 1 atom stereocenters. The van der Waals surface area contributed by atoms with Crippen LogP contribution in [-0.4, -0.2) is 34.9 Å². The molecule has 0 bridgehead atoms. The van der Waals surface area contributed by atoms with Crippen molar-refractivity contribution in [3.8, 4) is 0 Å². The van der Waals surface area contributed by atoms with Gasteiger partial charge in [0.2, 0.25) is 17.8 Å². The van der Waals surface area contributed by atoms with Gasteiger partial charge in [-0.1, -0.05) is 11.8 Å². The minimum absolute atomic E-state index is 0.125. The summed E-state index contributed by atoms with van der Waals surface area (Å²) in [7, 11) is 0. The summed E-state index contributed by atoms with van der Waals surface area (Å²) in [5.41, 5.74) is 5.16. The smallest absolute Gasteiger partial charge is 0.235 e. The predicted molar refractivity (Wildman–Crippen MR) is 94.0 cm³/mol. The highest BCUT2D eigenvalue weighted by Gasteiger charge is 2.51. The summed E-state index contributed by atoms with van der Waals surface area (Å²) in [6.07, 6.45) is 0.801. The quantitative estimate of drug-likeness (QED) is 0.622. The molecule has 7 nitrogen and oxygen atoms in total. The van der Waals surface area contributed by atoms with Crippen molar-refractivity contribution in [1.29, 1.82) is 0 Å². The van der Waals surface area contributed by atoms with E-state index >= 15 is 0 Å². The van der Waals surface area contributed by atoms with Gasteiger partial charge in [0.15, 0.2) is 0 Å². The maximum atomic E-state index is 13.0. The van der Waals surface area contributed by atoms with Crippen LogP contribution in [0.1, 0.15) is 12.8 Å². The molecule has 1 aromatic heterocycles. The van der Waals surface area contributed by atoms with Gasteiger partial charge in [-0.15, -0.1) is 0 Å². The topological polar surface area (TPSA) is 101 Å². The molecule has 2 aromatic rings. The minimum Gasteiger partial charge on any atom is -0.368 e. The molecule has 1 aromatic carbocycles. The molecule has 0 aliphatic carbocycles. The fourth-order valence-corrected chi connectivity index (χ4v) is 4.17. The van der Waals surface area contributed by atoms with Crippen LogP contribution in [0.25, 0.3) is 0 Å². The summed E-state index contributed by atoms with van der Waals surface area (Å²) in [6.45, 7) is 1.03. The van der Waals surface area contributed by atoms with E-state index in [9.17, 15) is 14.0 Å². The number of nitrogen functional groups attached to an aromatic ring is 1. The Morgan fingerprint density at radius 1 is 1.23 bits per heavy atom. The molecule has 4 rings (SSSR count). The summed E-state index contributed by atoms with van der Waals surface area (Å²) >= 11 is 1.35. The van der Waals surface area contributed by atoms with E-state index in [2.05, 4.69) is 15.3 Å². The number of nitrogens with one attached hydrogen (secondary N) is 1. The molecule has 1 spiro atoms. The number of hydrogen-bond donors (Lipinski definition) is 2. The second-order valence-corrected chi connectivity index (χ2v) is 7.58. The standard InChI is InChI=1S/C17H16FN5O2S/c18-10-1-3-11(4-2-10)26-14-7-12(20-16(19)22-14)23-6-5-17(9-23)8-13(24)21-15(17)25/h1-4,7H,5-6,8-9H2,(H2,19,20,22)(H,21,24,25). The van der Waals surface area contributed by atoms with Gasteiger partial charge in [0.1, 0.15) is 16.7 Å². The van der Waals surface area contributed by atoms with Crippen LogP contribution in [-0.2, 0) is 9.59 Å². The zero-order valence-electron chi connectivity index (χ0n) is 13.7. The van der Waals surface area contributed by atoms with Crippen LogP contribution < -0.4 is 16.0 Å². The largest absolute Gasteiger partial charge is 0.368 e. The molecule has 9 heteroatoms. The van der Waals surface area contributed by atoms with Gasteiger partial charge in [-0.05, 0) is 30.7 Å². The number of carbonyl (C=O) groups excluding carboxylic acids is 2. The van der Waals surface area contributed by atoms with Crippen LogP contribution in [0.2, 0.25) is 0 Å². The zero-order chi connectivity index (χ0) is 18.3. The minimum atomic E-state index is -0.680.